The minimum Gasteiger partial charge on any atom is -0.508 e. The first-order chi connectivity index (χ1) is 10.7. The van der Waals surface area contributed by atoms with Crippen LogP contribution >= 0.6 is 0 Å². The Kier molecular flexibility index (Phi) is 4.23. The van der Waals surface area contributed by atoms with Crippen LogP contribution in [0.4, 0.5) is 0 Å². The van der Waals surface area contributed by atoms with E-state index >= 15 is 0 Å². The van der Waals surface area contributed by atoms with Crippen LogP contribution in [0.1, 0.15) is 51.0 Å². The lowest BCUT2D eigenvalue weighted by Gasteiger charge is -2.19. The fourth-order valence-corrected chi connectivity index (χ4v) is 3.58. The van der Waals surface area contributed by atoms with Crippen LogP contribution in [0.25, 0.3) is 0 Å². The van der Waals surface area contributed by atoms with Crippen LogP contribution in [0.5, 0.6) is 0 Å². The third-order valence-corrected chi connectivity index (χ3v) is 5.04. The van der Waals surface area contributed by atoms with Crippen molar-refractivity contribution in [2.45, 2.75) is 51.6 Å². The number of esters is 1. The van der Waals surface area contributed by atoms with Crippen LogP contribution in [-0.2, 0) is 9.53 Å². The van der Waals surface area contributed by atoms with Crippen LogP contribution in [0.15, 0.2) is 41.7 Å². The highest BCUT2D eigenvalue weighted by atomic mass is 16.6. The summed E-state index contributed by atoms with van der Waals surface area (Å²) in [7, 11) is 0. The van der Waals surface area contributed by atoms with Gasteiger partial charge in [0.15, 0.2) is 6.10 Å². The molecule has 0 saturated heterocycles. The van der Waals surface area contributed by atoms with E-state index in [0.717, 1.165) is 31.2 Å². The summed E-state index contributed by atoms with van der Waals surface area (Å²) in [6.07, 6.45) is 3.55. The SMILES string of the molecule is CCC(CC)C1OC(=O)C(C(c2ccccc2)C2CC2)=C1O. The summed E-state index contributed by atoms with van der Waals surface area (Å²) in [6.45, 7) is 4.14. The van der Waals surface area contributed by atoms with Crippen LogP contribution in [0.3, 0.4) is 0 Å². The van der Waals surface area contributed by atoms with Crippen molar-refractivity contribution >= 4 is 5.97 Å². The van der Waals surface area contributed by atoms with Gasteiger partial charge in [0.2, 0.25) is 0 Å². The Morgan fingerprint density at radius 1 is 1.18 bits per heavy atom. The van der Waals surface area contributed by atoms with E-state index in [9.17, 15) is 9.90 Å². The summed E-state index contributed by atoms with van der Waals surface area (Å²) >= 11 is 0. The molecule has 1 aliphatic carbocycles. The standard InChI is InChI=1S/C19H24O3/c1-3-12(4-2)18-17(20)16(19(21)22-18)15(14-10-11-14)13-8-6-5-7-9-13/h5-9,12,14-15,18,20H,3-4,10-11H2,1-2H3. The van der Waals surface area contributed by atoms with Gasteiger partial charge in [0, 0.05) is 11.8 Å². The highest BCUT2D eigenvalue weighted by molar-refractivity contribution is 5.93. The van der Waals surface area contributed by atoms with E-state index in [1.807, 2.05) is 30.3 Å². The molecule has 22 heavy (non-hydrogen) atoms. The topological polar surface area (TPSA) is 46.5 Å². The lowest BCUT2D eigenvalue weighted by Crippen LogP contribution is -2.22. The van der Waals surface area contributed by atoms with Gasteiger partial charge in [0.25, 0.3) is 0 Å². The molecule has 0 radical (unpaired) electrons. The quantitative estimate of drug-likeness (QED) is 0.794. The molecular weight excluding hydrogens is 276 g/mol. The number of aliphatic hydroxyl groups is 1. The van der Waals surface area contributed by atoms with Crippen molar-refractivity contribution in [3.8, 4) is 0 Å². The van der Waals surface area contributed by atoms with Gasteiger partial charge in [-0.25, -0.2) is 4.79 Å². The largest absolute Gasteiger partial charge is 0.508 e. The molecule has 1 aromatic rings. The molecule has 1 fully saturated rings. The monoisotopic (exact) mass is 300 g/mol. The number of hydrogen-bond donors (Lipinski definition) is 1. The Hall–Kier alpha value is -1.77. The minimum atomic E-state index is -0.456. The molecule has 0 aromatic heterocycles. The molecule has 0 spiro atoms. The van der Waals surface area contributed by atoms with E-state index in [2.05, 4.69) is 13.8 Å². The van der Waals surface area contributed by atoms with E-state index in [1.165, 1.54) is 0 Å². The normalized spacial score (nSPS) is 23.0. The second-order valence-electron chi connectivity index (χ2n) is 6.43. The molecule has 1 N–H and O–H groups in total. The summed E-state index contributed by atoms with van der Waals surface area (Å²) in [4.78, 5) is 12.4. The second kappa shape index (κ2) is 6.15. The first-order valence-electron chi connectivity index (χ1n) is 8.36. The zero-order valence-corrected chi connectivity index (χ0v) is 13.3. The van der Waals surface area contributed by atoms with Gasteiger partial charge in [-0.2, -0.15) is 0 Å². The summed E-state index contributed by atoms with van der Waals surface area (Å²) in [6, 6.07) is 10.0. The fourth-order valence-electron chi connectivity index (χ4n) is 3.58. The molecule has 3 rings (SSSR count). The van der Waals surface area contributed by atoms with Crippen molar-refractivity contribution in [3.05, 3.63) is 47.2 Å². The maximum Gasteiger partial charge on any atom is 0.338 e. The predicted molar refractivity (Wildman–Crippen MR) is 85.5 cm³/mol. The molecule has 1 heterocycles. The summed E-state index contributed by atoms with van der Waals surface area (Å²) < 4.78 is 5.55. The molecule has 2 atom stereocenters. The predicted octanol–water partition coefficient (Wildman–Crippen LogP) is 4.35. The Morgan fingerprint density at radius 3 is 2.36 bits per heavy atom. The number of rotatable bonds is 6. The number of carbonyl (C=O) groups excluding carboxylic acids is 1. The zero-order valence-electron chi connectivity index (χ0n) is 13.3. The number of aliphatic hydroxyl groups excluding tert-OH is 1. The lowest BCUT2D eigenvalue weighted by molar-refractivity contribution is -0.142. The van der Waals surface area contributed by atoms with Gasteiger partial charge in [-0.05, 0) is 37.2 Å². The Bertz CT molecular complexity index is 568. The lowest BCUT2D eigenvalue weighted by atomic mass is 9.85. The van der Waals surface area contributed by atoms with Crippen molar-refractivity contribution in [1.29, 1.82) is 0 Å². The molecule has 2 aliphatic rings. The molecule has 0 bridgehead atoms. The highest BCUT2D eigenvalue weighted by Crippen LogP contribution is 2.49. The van der Waals surface area contributed by atoms with Crippen molar-refractivity contribution in [2.24, 2.45) is 11.8 Å². The third-order valence-electron chi connectivity index (χ3n) is 5.04. The third kappa shape index (κ3) is 2.65. The number of cyclic esters (lactones) is 1. The van der Waals surface area contributed by atoms with E-state index in [-0.39, 0.29) is 23.6 Å². The average Bonchev–Trinajstić information content (AvgIpc) is 3.33. The number of benzene rings is 1. The van der Waals surface area contributed by atoms with Gasteiger partial charge in [0.05, 0.1) is 5.57 Å². The first-order valence-corrected chi connectivity index (χ1v) is 8.36. The number of carbonyl (C=O) groups is 1. The van der Waals surface area contributed by atoms with Gasteiger partial charge in [-0.15, -0.1) is 0 Å². The number of ether oxygens (including phenoxy) is 1. The second-order valence-corrected chi connectivity index (χ2v) is 6.43. The fraction of sp³-hybridized carbons (Fsp3) is 0.526. The van der Waals surface area contributed by atoms with Crippen molar-refractivity contribution in [1.82, 2.24) is 0 Å². The molecule has 118 valence electrons. The molecule has 3 heteroatoms. The Balaban J connectivity index is 1.98. The van der Waals surface area contributed by atoms with Crippen LogP contribution in [-0.4, -0.2) is 17.2 Å². The Labute approximate surface area is 132 Å². The summed E-state index contributed by atoms with van der Waals surface area (Å²) in [5, 5.41) is 10.7. The smallest absolute Gasteiger partial charge is 0.338 e. The first kappa shape index (κ1) is 15.1. The van der Waals surface area contributed by atoms with Crippen molar-refractivity contribution < 1.29 is 14.6 Å². The van der Waals surface area contributed by atoms with Crippen LogP contribution in [0, 0.1) is 11.8 Å². The minimum absolute atomic E-state index is 0.0203. The summed E-state index contributed by atoms with van der Waals surface area (Å²) in [5.74, 6) is 0.479. The average molecular weight is 300 g/mol. The van der Waals surface area contributed by atoms with Gasteiger partial charge < -0.3 is 9.84 Å². The summed E-state index contributed by atoms with van der Waals surface area (Å²) in [5.41, 5.74) is 1.61. The highest BCUT2D eigenvalue weighted by Gasteiger charge is 2.46. The van der Waals surface area contributed by atoms with Gasteiger partial charge in [-0.1, -0.05) is 44.2 Å². The van der Waals surface area contributed by atoms with Gasteiger partial charge in [0.1, 0.15) is 5.76 Å². The molecule has 3 nitrogen and oxygen atoms in total. The van der Waals surface area contributed by atoms with Crippen molar-refractivity contribution in [3.63, 3.8) is 0 Å². The van der Waals surface area contributed by atoms with Crippen LogP contribution in [0.2, 0.25) is 0 Å². The van der Waals surface area contributed by atoms with E-state index in [0.29, 0.717) is 11.5 Å². The maximum absolute atomic E-state index is 12.4. The number of hydrogen-bond acceptors (Lipinski definition) is 3. The molecule has 1 aromatic carbocycles. The maximum atomic E-state index is 12.4. The van der Waals surface area contributed by atoms with Gasteiger partial charge in [-0.3, -0.25) is 0 Å². The van der Waals surface area contributed by atoms with Crippen LogP contribution < -0.4 is 0 Å². The Morgan fingerprint density at radius 2 is 1.82 bits per heavy atom. The molecule has 1 aliphatic heterocycles. The molecule has 1 saturated carbocycles. The van der Waals surface area contributed by atoms with E-state index in [4.69, 9.17) is 4.74 Å². The van der Waals surface area contributed by atoms with E-state index < -0.39 is 6.10 Å². The van der Waals surface area contributed by atoms with E-state index in [1.54, 1.807) is 0 Å². The van der Waals surface area contributed by atoms with Gasteiger partial charge >= 0.3 is 5.97 Å². The molecule has 2 unspecified atom stereocenters. The molecular formula is C19H24O3. The molecule has 0 amide bonds. The van der Waals surface area contributed by atoms with Crippen molar-refractivity contribution in [2.75, 3.05) is 0 Å². The zero-order chi connectivity index (χ0) is 15.7.